The van der Waals surface area contributed by atoms with Crippen molar-refractivity contribution < 1.29 is 14.4 Å². The molecule has 1 N–H and O–H groups in total. The van der Waals surface area contributed by atoms with E-state index < -0.39 is 0 Å². The van der Waals surface area contributed by atoms with Crippen LogP contribution in [0.3, 0.4) is 0 Å². The number of likely N-dealkylation sites (tertiary alicyclic amines) is 1. The summed E-state index contributed by atoms with van der Waals surface area (Å²) in [5.74, 6) is -1.10. The Labute approximate surface area is 148 Å². The van der Waals surface area contributed by atoms with E-state index >= 15 is 0 Å². The summed E-state index contributed by atoms with van der Waals surface area (Å²) in [6.45, 7) is 5.86. The van der Waals surface area contributed by atoms with E-state index in [9.17, 15) is 14.4 Å². The van der Waals surface area contributed by atoms with Gasteiger partial charge in [-0.1, -0.05) is 44.2 Å². The topological polar surface area (TPSA) is 66.5 Å². The Kier molecular flexibility index (Phi) is 4.75. The van der Waals surface area contributed by atoms with E-state index in [4.69, 9.17) is 0 Å². The van der Waals surface area contributed by atoms with Crippen molar-refractivity contribution in [2.75, 3.05) is 11.9 Å². The van der Waals surface area contributed by atoms with Gasteiger partial charge in [0.05, 0.1) is 11.8 Å². The maximum Gasteiger partial charge on any atom is 0.244 e. The Bertz CT molecular complexity index is 725. The minimum atomic E-state index is -0.329. The summed E-state index contributed by atoms with van der Waals surface area (Å²) in [5, 5.41) is 2.91. The predicted octanol–water partition coefficient (Wildman–Crippen LogP) is 3.01. The molecular weight excluding hydrogens is 316 g/mol. The molecule has 2 unspecified atom stereocenters. The van der Waals surface area contributed by atoms with Gasteiger partial charge in [0.25, 0.3) is 0 Å². The number of nitrogens with one attached hydrogen (secondary N) is 1. The number of nitrogens with zero attached hydrogens (tertiary/aromatic N) is 1. The van der Waals surface area contributed by atoms with Crippen LogP contribution >= 0.6 is 0 Å². The lowest BCUT2D eigenvalue weighted by Crippen LogP contribution is -2.38. The molecule has 5 nitrogen and oxygen atoms in total. The molecule has 3 amide bonds. The Balaban J connectivity index is 1.74. The van der Waals surface area contributed by atoms with Gasteiger partial charge in [0, 0.05) is 5.69 Å². The molecule has 0 bridgehead atoms. The monoisotopic (exact) mass is 340 g/mol. The van der Waals surface area contributed by atoms with Gasteiger partial charge in [-0.25, -0.2) is 0 Å². The third-order valence-corrected chi connectivity index (χ3v) is 5.09. The lowest BCUT2D eigenvalue weighted by Gasteiger charge is -2.19. The van der Waals surface area contributed by atoms with E-state index in [-0.39, 0.29) is 42.0 Å². The van der Waals surface area contributed by atoms with Gasteiger partial charge < -0.3 is 5.32 Å². The maximum atomic E-state index is 12.5. The second-order valence-electron chi connectivity index (χ2n) is 7.16. The summed E-state index contributed by atoms with van der Waals surface area (Å²) in [5.41, 5.74) is 2.79. The number of amides is 3. The van der Waals surface area contributed by atoms with Gasteiger partial charge in [-0.2, -0.15) is 0 Å². The number of hydrogen-bond acceptors (Lipinski definition) is 3. The number of rotatable bonds is 4. The maximum absolute atomic E-state index is 12.5. The zero-order chi connectivity index (χ0) is 18.1. The summed E-state index contributed by atoms with van der Waals surface area (Å²) < 4.78 is 0. The number of aryl methyl sites for hydroxylation is 1. The number of carbonyl (C=O) groups excluding carboxylic acids is 3. The number of anilines is 1. The van der Waals surface area contributed by atoms with Crippen LogP contribution in [0.2, 0.25) is 0 Å². The number of carbonyl (C=O) groups is 3. The van der Waals surface area contributed by atoms with Crippen LogP contribution in [0.25, 0.3) is 0 Å². The third-order valence-electron chi connectivity index (χ3n) is 5.09. The highest BCUT2D eigenvalue weighted by atomic mass is 16.2. The first-order valence-electron chi connectivity index (χ1n) is 8.79. The molecule has 3 rings (SSSR count). The van der Waals surface area contributed by atoms with Crippen LogP contribution in [0.15, 0.2) is 30.4 Å². The van der Waals surface area contributed by atoms with Gasteiger partial charge in [-0.3, -0.25) is 19.3 Å². The van der Waals surface area contributed by atoms with Crippen LogP contribution in [-0.2, 0) is 14.4 Å². The molecule has 1 saturated heterocycles. The molecular formula is C20H24N2O3. The van der Waals surface area contributed by atoms with Crippen molar-refractivity contribution >= 4 is 23.4 Å². The Morgan fingerprint density at radius 2 is 1.76 bits per heavy atom. The number of benzene rings is 1. The van der Waals surface area contributed by atoms with Gasteiger partial charge in [0.1, 0.15) is 6.54 Å². The lowest BCUT2D eigenvalue weighted by atomic mass is 9.85. The highest BCUT2D eigenvalue weighted by Crippen LogP contribution is 2.35. The zero-order valence-electron chi connectivity index (χ0n) is 14.9. The molecule has 25 heavy (non-hydrogen) atoms. The SMILES string of the molecule is Cc1cccc(C(C)C)c1NC(=O)CN1C(=O)C2CC=CCC2C1=O. The smallest absolute Gasteiger partial charge is 0.244 e. The lowest BCUT2D eigenvalue weighted by molar-refractivity contribution is -0.142. The van der Waals surface area contributed by atoms with Crippen LogP contribution < -0.4 is 5.32 Å². The molecule has 0 aromatic heterocycles. The Morgan fingerprint density at radius 3 is 2.32 bits per heavy atom. The number of hydrogen-bond donors (Lipinski definition) is 1. The first-order valence-corrected chi connectivity index (χ1v) is 8.79. The minimum Gasteiger partial charge on any atom is -0.324 e. The van der Waals surface area contributed by atoms with Crippen molar-refractivity contribution in [3.05, 3.63) is 41.5 Å². The van der Waals surface area contributed by atoms with Crippen molar-refractivity contribution in [2.45, 2.75) is 39.5 Å². The molecule has 1 aliphatic heterocycles. The fourth-order valence-corrected chi connectivity index (χ4v) is 3.69. The Hall–Kier alpha value is -2.43. The van der Waals surface area contributed by atoms with Gasteiger partial charge in [-0.15, -0.1) is 0 Å². The van der Waals surface area contributed by atoms with Crippen molar-refractivity contribution in [3.8, 4) is 0 Å². The standard InChI is InChI=1S/C20H24N2O3/c1-12(2)14-10-6-7-13(3)18(14)21-17(23)11-22-19(24)15-8-4-5-9-16(15)20(22)25/h4-7,10,12,15-16H,8-9,11H2,1-3H3,(H,21,23). The minimum absolute atomic E-state index is 0.212. The van der Waals surface area contributed by atoms with E-state index in [0.29, 0.717) is 12.8 Å². The third kappa shape index (κ3) is 3.23. The second kappa shape index (κ2) is 6.82. The van der Waals surface area contributed by atoms with Gasteiger partial charge in [0.2, 0.25) is 17.7 Å². The van der Waals surface area contributed by atoms with E-state index in [1.54, 1.807) is 0 Å². The van der Waals surface area contributed by atoms with Crippen LogP contribution in [0.4, 0.5) is 5.69 Å². The van der Waals surface area contributed by atoms with Crippen LogP contribution in [0.5, 0.6) is 0 Å². The predicted molar refractivity (Wildman–Crippen MR) is 96.0 cm³/mol. The molecule has 132 valence electrons. The zero-order valence-corrected chi connectivity index (χ0v) is 14.9. The average Bonchev–Trinajstić information content (AvgIpc) is 2.82. The summed E-state index contributed by atoms with van der Waals surface area (Å²) in [7, 11) is 0. The summed E-state index contributed by atoms with van der Waals surface area (Å²) in [4.78, 5) is 38.6. The van der Waals surface area contributed by atoms with Crippen molar-refractivity contribution in [3.63, 3.8) is 0 Å². The normalized spacial score (nSPS) is 22.5. The van der Waals surface area contributed by atoms with Crippen molar-refractivity contribution in [2.24, 2.45) is 11.8 Å². The molecule has 1 aliphatic carbocycles. The molecule has 1 heterocycles. The molecule has 0 saturated carbocycles. The Morgan fingerprint density at radius 1 is 1.16 bits per heavy atom. The molecule has 1 fully saturated rings. The summed E-state index contributed by atoms with van der Waals surface area (Å²) in [6, 6.07) is 5.89. The molecule has 2 atom stereocenters. The number of allylic oxidation sites excluding steroid dienone is 2. The van der Waals surface area contributed by atoms with Crippen LogP contribution in [-0.4, -0.2) is 29.2 Å². The van der Waals surface area contributed by atoms with Gasteiger partial charge >= 0.3 is 0 Å². The average molecular weight is 340 g/mol. The van der Waals surface area contributed by atoms with Crippen LogP contribution in [0.1, 0.15) is 43.7 Å². The molecule has 0 spiro atoms. The number of fused-ring (bicyclic) bond motifs is 1. The molecule has 1 aromatic rings. The molecule has 2 aliphatic rings. The fraction of sp³-hybridized carbons (Fsp3) is 0.450. The highest BCUT2D eigenvalue weighted by molar-refractivity contribution is 6.09. The number of para-hydroxylation sites is 1. The van der Waals surface area contributed by atoms with Gasteiger partial charge in [0.15, 0.2) is 0 Å². The summed E-state index contributed by atoms with van der Waals surface area (Å²) in [6.07, 6.45) is 5.06. The molecule has 0 radical (unpaired) electrons. The fourth-order valence-electron chi connectivity index (χ4n) is 3.69. The highest BCUT2D eigenvalue weighted by Gasteiger charge is 2.47. The molecule has 1 aromatic carbocycles. The van der Waals surface area contributed by atoms with E-state index in [0.717, 1.165) is 21.7 Å². The first-order chi connectivity index (χ1) is 11.9. The van der Waals surface area contributed by atoms with E-state index in [1.165, 1.54) is 0 Å². The van der Waals surface area contributed by atoms with Crippen molar-refractivity contribution in [1.82, 2.24) is 4.90 Å². The number of imide groups is 1. The molecule has 5 heteroatoms. The first kappa shape index (κ1) is 17.4. The van der Waals surface area contributed by atoms with Crippen LogP contribution in [0, 0.1) is 18.8 Å². The van der Waals surface area contributed by atoms with Crippen molar-refractivity contribution in [1.29, 1.82) is 0 Å². The van der Waals surface area contributed by atoms with E-state index in [1.807, 2.05) is 37.3 Å². The van der Waals surface area contributed by atoms with Gasteiger partial charge in [-0.05, 0) is 36.8 Å². The largest absolute Gasteiger partial charge is 0.324 e. The quantitative estimate of drug-likeness (QED) is 0.677. The second-order valence-corrected chi connectivity index (χ2v) is 7.16. The van der Waals surface area contributed by atoms with E-state index in [2.05, 4.69) is 19.2 Å². The summed E-state index contributed by atoms with van der Waals surface area (Å²) >= 11 is 0.